The molecule has 74 valence electrons. The topological polar surface area (TPSA) is 17.1 Å². The summed E-state index contributed by atoms with van der Waals surface area (Å²) in [6, 6.07) is 1.14. The lowest BCUT2D eigenvalue weighted by atomic mass is 10.1. The number of hydrogen-bond donors (Lipinski definition) is 0. The molecule has 0 saturated carbocycles. The van der Waals surface area contributed by atoms with Crippen molar-refractivity contribution >= 4 is 11.9 Å². The molecular weight excluding hydrogens is 193 g/mol. The van der Waals surface area contributed by atoms with E-state index in [1.54, 1.807) is 0 Å². The molecule has 14 heavy (non-hydrogen) atoms. The first-order valence-electron chi connectivity index (χ1n) is 3.84. The molecule has 0 aromatic heterocycles. The van der Waals surface area contributed by atoms with Crippen LogP contribution in [0, 0.1) is 17.5 Å². The van der Waals surface area contributed by atoms with Crippen molar-refractivity contribution in [2.45, 2.75) is 6.92 Å². The second-order valence-electron chi connectivity index (χ2n) is 2.73. The Morgan fingerprint density at radius 3 is 2.29 bits per heavy atom. The molecule has 0 N–H and O–H groups in total. The fourth-order valence-corrected chi connectivity index (χ4v) is 0.873. The third-order valence-electron chi connectivity index (χ3n) is 1.54. The lowest BCUT2D eigenvalue weighted by molar-refractivity contribution is -0.112. The number of allylic oxidation sites excluding steroid dienone is 1. The highest BCUT2D eigenvalue weighted by molar-refractivity contribution is 5.91. The predicted octanol–water partition coefficient (Wildman–Crippen LogP) is 2.71. The molecule has 0 bridgehead atoms. The molecule has 4 heteroatoms. The van der Waals surface area contributed by atoms with Crippen molar-refractivity contribution in [1.29, 1.82) is 0 Å². The molecule has 0 radical (unpaired) electrons. The average molecular weight is 200 g/mol. The number of rotatable bonds is 2. The Morgan fingerprint density at radius 1 is 1.14 bits per heavy atom. The Hall–Kier alpha value is -1.58. The summed E-state index contributed by atoms with van der Waals surface area (Å²) >= 11 is 0. The minimum atomic E-state index is -1.25. The van der Waals surface area contributed by atoms with Crippen molar-refractivity contribution < 1.29 is 18.0 Å². The Kier molecular flexibility index (Phi) is 3.06. The van der Waals surface area contributed by atoms with E-state index in [1.165, 1.54) is 6.92 Å². The molecule has 0 aliphatic carbocycles. The van der Waals surface area contributed by atoms with Gasteiger partial charge in [-0.2, -0.15) is 0 Å². The van der Waals surface area contributed by atoms with Crippen LogP contribution in [0.4, 0.5) is 13.2 Å². The van der Waals surface area contributed by atoms with Crippen molar-refractivity contribution in [2.75, 3.05) is 0 Å². The van der Waals surface area contributed by atoms with Crippen LogP contribution >= 0.6 is 0 Å². The maximum absolute atomic E-state index is 12.9. The van der Waals surface area contributed by atoms with Gasteiger partial charge in [0.1, 0.15) is 5.82 Å². The SMILES string of the molecule is CC(=O)/C=C/c1cc(F)c(F)cc1F. The molecule has 0 unspecified atom stereocenters. The van der Waals surface area contributed by atoms with Crippen molar-refractivity contribution in [3.63, 3.8) is 0 Å². The molecule has 0 aliphatic heterocycles. The van der Waals surface area contributed by atoms with Crippen LogP contribution in [0.5, 0.6) is 0 Å². The third-order valence-corrected chi connectivity index (χ3v) is 1.54. The van der Waals surface area contributed by atoms with E-state index in [0.717, 1.165) is 12.2 Å². The monoisotopic (exact) mass is 200 g/mol. The molecule has 0 heterocycles. The van der Waals surface area contributed by atoms with Crippen LogP contribution in [0.3, 0.4) is 0 Å². The van der Waals surface area contributed by atoms with E-state index >= 15 is 0 Å². The van der Waals surface area contributed by atoms with Gasteiger partial charge in [0.05, 0.1) is 0 Å². The number of carbonyl (C=O) groups is 1. The second kappa shape index (κ2) is 4.09. The highest BCUT2D eigenvalue weighted by Gasteiger charge is 2.07. The summed E-state index contributed by atoms with van der Waals surface area (Å²) in [7, 11) is 0. The highest BCUT2D eigenvalue weighted by atomic mass is 19.2. The molecule has 1 nitrogen and oxygen atoms in total. The minimum Gasteiger partial charge on any atom is -0.295 e. The molecule has 0 saturated heterocycles. The Morgan fingerprint density at radius 2 is 1.71 bits per heavy atom. The summed E-state index contributed by atoms with van der Waals surface area (Å²) in [5.74, 6) is -3.59. The molecule has 1 aromatic rings. The van der Waals surface area contributed by atoms with Gasteiger partial charge in [0.15, 0.2) is 17.4 Å². The lowest BCUT2D eigenvalue weighted by Gasteiger charge is -1.97. The van der Waals surface area contributed by atoms with E-state index in [-0.39, 0.29) is 11.3 Å². The van der Waals surface area contributed by atoms with Crippen LogP contribution in [0.15, 0.2) is 18.2 Å². The molecule has 1 rings (SSSR count). The number of ketones is 1. The first-order chi connectivity index (χ1) is 6.50. The zero-order chi connectivity index (χ0) is 10.7. The Bertz CT molecular complexity index is 397. The molecule has 0 atom stereocenters. The van der Waals surface area contributed by atoms with Crippen LogP contribution in [0.25, 0.3) is 6.08 Å². The number of halogens is 3. The summed E-state index contributed by atoms with van der Waals surface area (Å²) < 4.78 is 38.0. The van der Waals surface area contributed by atoms with Crippen molar-refractivity contribution in [3.05, 3.63) is 41.2 Å². The van der Waals surface area contributed by atoms with Crippen LogP contribution in [0.1, 0.15) is 12.5 Å². The highest BCUT2D eigenvalue weighted by Crippen LogP contribution is 2.14. The van der Waals surface area contributed by atoms with Gasteiger partial charge in [0.25, 0.3) is 0 Å². The molecule has 0 fully saturated rings. The summed E-state index contributed by atoms with van der Waals surface area (Å²) in [5.41, 5.74) is -0.154. The zero-order valence-corrected chi connectivity index (χ0v) is 7.35. The van der Waals surface area contributed by atoms with E-state index in [1.807, 2.05) is 0 Å². The van der Waals surface area contributed by atoms with E-state index in [2.05, 4.69) is 0 Å². The van der Waals surface area contributed by atoms with Crippen LogP contribution in [0.2, 0.25) is 0 Å². The normalized spacial score (nSPS) is 10.9. The first-order valence-corrected chi connectivity index (χ1v) is 3.84. The van der Waals surface area contributed by atoms with Crippen LogP contribution in [-0.4, -0.2) is 5.78 Å². The summed E-state index contributed by atoms with van der Waals surface area (Å²) in [6.45, 7) is 1.27. The van der Waals surface area contributed by atoms with E-state index in [0.29, 0.717) is 12.1 Å². The van der Waals surface area contributed by atoms with Gasteiger partial charge < -0.3 is 0 Å². The summed E-state index contributed by atoms with van der Waals surface area (Å²) in [4.78, 5) is 10.5. The largest absolute Gasteiger partial charge is 0.295 e. The maximum atomic E-state index is 12.9. The van der Waals surface area contributed by atoms with Gasteiger partial charge in [0.2, 0.25) is 0 Å². The second-order valence-corrected chi connectivity index (χ2v) is 2.73. The zero-order valence-electron chi connectivity index (χ0n) is 7.35. The molecule has 0 amide bonds. The van der Waals surface area contributed by atoms with Crippen molar-refractivity contribution in [3.8, 4) is 0 Å². The van der Waals surface area contributed by atoms with Crippen LogP contribution in [-0.2, 0) is 4.79 Å². The number of carbonyl (C=O) groups excluding carboxylic acids is 1. The van der Waals surface area contributed by atoms with Gasteiger partial charge >= 0.3 is 0 Å². The van der Waals surface area contributed by atoms with E-state index < -0.39 is 17.5 Å². The predicted molar refractivity (Wildman–Crippen MR) is 46.0 cm³/mol. The minimum absolute atomic E-state index is 0.154. The quantitative estimate of drug-likeness (QED) is 0.530. The standard InChI is InChI=1S/C10H7F3O/c1-6(14)2-3-7-4-9(12)10(13)5-8(7)11/h2-5H,1H3/b3-2+. The summed E-state index contributed by atoms with van der Waals surface area (Å²) in [6.07, 6.45) is 2.18. The Balaban J connectivity index is 3.10. The van der Waals surface area contributed by atoms with Gasteiger partial charge in [-0.1, -0.05) is 0 Å². The van der Waals surface area contributed by atoms with E-state index in [9.17, 15) is 18.0 Å². The van der Waals surface area contributed by atoms with Crippen molar-refractivity contribution in [1.82, 2.24) is 0 Å². The van der Waals surface area contributed by atoms with Crippen LogP contribution < -0.4 is 0 Å². The number of benzene rings is 1. The smallest absolute Gasteiger partial charge is 0.161 e. The van der Waals surface area contributed by atoms with Gasteiger partial charge in [-0.15, -0.1) is 0 Å². The molecule has 0 spiro atoms. The number of hydrogen-bond acceptors (Lipinski definition) is 1. The lowest BCUT2D eigenvalue weighted by Crippen LogP contribution is -1.91. The first kappa shape index (κ1) is 10.5. The fraction of sp³-hybridized carbons (Fsp3) is 0.100. The van der Waals surface area contributed by atoms with Gasteiger partial charge in [0, 0.05) is 11.6 Å². The molecular formula is C10H7F3O. The van der Waals surface area contributed by atoms with Gasteiger partial charge in [-0.25, -0.2) is 13.2 Å². The van der Waals surface area contributed by atoms with Crippen molar-refractivity contribution in [2.24, 2.45) is 0 Å². The Labute approximate surface area is 78.9 Å². The molecule has 0 aliphatic rings. The van der Waals surface area contributed by atoms with E-state index in [4.69, 9.17) is 0 Å². The molecule has 1 aromatic carbocycles. The maximum Gasteiger partial charge on any atom is 0.161 e. The van der Waals surface area contributed by atoms with Gasteiger partial charge in [-0.05, 0) is 25.1 Å². The third kappa shape index (κ3) is 2.45. The summed E-state index contributed by atoms with van der Waals surface area (Å²) in [5, 5.41) is 0. The van der Waals surface area contributed by atoms with Gasteiger partial charge in [-0.3, -0.25) is 4.79 Å². The fourth-order valence-electron chi connectivity index (χ4n) is 0.873. The average Bonchev–Trinajstić information content (AvgIpc) is 2.09.